The second kappa shape index (κ2) is 7.74. The van der Waals surface area contributed by atoms with Crippen molar-refractivity contribution >= 4 is 11.8 Å². The van der Waals surface area contributed by atoms with Gasteiger partial charge in [-0.2, -0.15) is 11.8 Å². The lowest BCUT2D eigenvalue weighted by molar-refractivity contribution is 0.204. The number of hydrogen-bond acceptors (Lipinski definition) is 4. The summed E-state index contributed by atoms with van der Waals surface area (Å²) in [5.41, 5.74) is 7.77. The molecule has 2 N–H and O–H groups in total. The minimum atomic E-state index is 0.388. The van der Waals surface area contributed by atoms with Gasteiger partial charge in [0.15, 0.2) is 0 Å². The van der Waals surface area contributed by atoms with Crippen LogP contribution in [-0.2, 0) is 6.54 Å². The Bertz CT molecular complexity index is 535. The molecule has 0 radical (unpaired) electrons. The molecule has 2 atom stereocenters. The zero-order chi connectivity index (χ0) is 15.2. The highest BCUT2D eigenvalue weighted by atomic mass is 32.2. The van der Waals surface area contributed by atoms with Gasteiger partial charge in [-0.05, 0) is 30.7 Å². The molecule has 3 nitrogen and oxygen atoms in total. The zero-order valence-corrected chi connectivity index (χ0v) is 13.9. The van der Waals surface area contributed by atoms with Crippen LogP contribution in [0, 0.1) is 11.8 Å². The highest BCUT2D eigenvalue weighted by Gasteiger charge is 2.25. The smallest absolute Gasteiger partial charge is 0.119 e. The van der Waals surface area contributed by atoms with Gasteiger partial charge in [0.25, 0.3) is 0 Å². The summed E-state index contributed by atoms with van der Waals surface area (Å²) in [5.74, 6) is 8.21. The molecule has 114 valence electrons. The molecule has 1 aromatic rings. The van der Waals surface area contributed by atoms with Gasteiger partial charge in [0.2, 0.25) is 0 Å². The van der Waals surface area contributed by atoms with E-state index in [1.54, 1.807) is 7.11 Å². The number of benzene rings is 1. The number of hydrogen-bond donors (Lipinski definition) is 1. The summed E-state index contributed by atoms with van der Waals surface area (Å²) in [6.45, 7) is 7.04. The first kappa shape index (κ1) is 16.2. The van der Waals surface area contributed by atoms with Crippen molar-refractivity contribution in [2.75, 3.05) is 26.0 Å². The molecule has 1 aliphatic heterocycles. The van der Waals surface area contributed by atoms with Crippen LogP contribution in [0.2, 0.25) is 0 Å². The molecule has 4 heteroatoms. The van der Waals surface area contributed by atoms with E-state index in [4.69, 9.17) is 10.5 Å². The van der Waals surface area contributed by atoms with E-state index >= 15 is 0 Å². The molecular weight excluding hydrogens is 280 g/mol. The standard InChI is InChI=1S/C17H24N2OS/c1-13-14(2)21-10-9-19(13)12-16-11-17(20-3)7-6-15(16)5-4-8-18/h6-7,11,13-14H,8-10,12,18H2,1-3H3. The molecule has 0 spiro atoms. The van der Waals surface area contributed by atoms with Crippen LogP contribution >= 0.6 is 11.8 Å². The second-order valence-electron chi connectivity index (χ2n) is 5.32. The quantitative estimate of drug-likeness (QED) is 0.870. The zero-order valence-electron chi connectivity index (χ0n) is 13.1. The van der Waals surface area contributed by atoms with Crippen molar-refractivity contribution in [3.8, 4) is 17.6 Å². The lowest BCUT2D eigenvalue weighted by Crippen LogP contribution is -2.44. The minimum Gasteiger partial charge on any atom is -0.497 e. The molecule has 1 fully saturated rings. The van der Waals surface area contributed by atoms with E-state index < -0.39 is 0 Å². The Labute approximate surface area is 132 Å². The Kier molecular flexibility index (Phi) is 5.98. The van der Waals surface area contributed by atoms with Gasteiger partial charge in [0, 0.05) is 35.7 Å². The van der Waals surface area contributed by atoms with Crippen molar-refractivity contribution in [3.63, 3.8) is 0 Å². The third-order valence-electron chi connectivity index (χ3n) is 4.03. The van der Waals surface area contributed by atoms with Gasteiger partial charge in [0.1, 0.15) is 5.75 Å². The molecule has 0 aliphatic carbocycles. The highest BCUT2D eigenvalue weighted by molar-refractivity contribution is 8.00. The number of rotatable bonds is 3. The summed E-state index contributed by atoms with van der Waals surface area (Å²) in [6, 6.07) is 6.66. The molecule has 0 aromatic heterocycles. The van der Waals surface area contributed by atoms with E-state index in [1.165, 1.54) is 11.3 Å². The van der Waals surface area contributed by atoms with Crippen molar-refractivity contribution in [1.82, 2.24) is 4.90 Å². The first-order valence-electron chi connectivity index (χ1n) is 7.37. The number of ether oxygens (including phenoxy) is 1. The minimum absolute atomic E-state index is 0.388. The SMILES string of the molecule is COc1ccc(C#CCN)c(CN2CCSC(C)C2C)c1. The number of nitrogens with zero attached hydrogens (tertiary/aromatic N) is 1. The maximum absolute atomic E-state index is 5.50. The van der Waals surface area contributed by atoms with E-state index in [9.17, 15) is 0 Å². The lowest BCUT2D eigenvalue weighted by Gasteiger charge is -2.37. The van der Waals surface area contributed by atoms with E-state index in [0.29, 0.717) is 17.8 Å². The van der Waals surface area contributed by atoms with Crippen molar-refractivity contribution in [3.05, 3.63) is 29.3 Å². The Hall–Kier alpha value is -1.15. The van der Waals surface area contributed by atoms with Gasteiger partial charge < -0.3 is 10.5 Å². The average molecular weight is 304 g/mol. The summed E-state index contributed by atoms with van der Waals surface area (Å²) in [6.07, 6.45) is 0. The van der Waals surface area contributed by atoms with Gasteiger partial charge in [-0.3, -0.25) is 4.90 Å². The largest absolute Gasteiger partial charge is 0.497 e. The fourth-order valence-corrected chi connectivity index (χ4v) is 3.70. The van der Waals surface area contributed by atoms with Crippen molar-refractivity contribution in [2.24, 2.45) is 5.73 Å². The molecule has 1 aromatic carbocycles. The van der Waals surface area contributed by atoms with Gasteiger partial charge in [-0.25, -0.2) is 0 Å². The van der Waals surface area contributed by atoms with Crippen LogP contribution in [0.1, 0.15) is 25.0 Å². The van der Waals surface area contributed by atoms with Crippen LogP contribution in [0.4, 0.5) is 0 Å². The molecule has 0 bridgehead atoms. The molecule has 21 heavy (non-hydrogen) atoms. The maximum atomic E-state index is 5.50. The van der Waals surface area contributed by atoms with E-state index in [0.717, 1.165) is 24.4 Å². The molecule has 0 saturated carbocycles. The third-order valence-corrected chi connectivity index (χ3v) is 5.36. The van der Waals surface area contributed by atoms with Crippen LogP contribution in [-0.4, -0.2) is 42.1 Å². The molecular formula is C17H24N2OS. The Morgan fingerprint density at radius 1 is 1.43 bits per heavy atom. The highest BCUT2D eigenvalue weighted by Crippen LogP contribution is 2.27. The van der Waals surface area contributed by atoms with Crippen LogP contribution in [0.5, 0.6) is 5.75 Å². The number of thioether (sulfide) groups is 1. The molecule has 1 heterocycles. The van der Waals surface area contributed by atoms with E-state index in [2.05, 4.69) is 48.4 Å². The fraction of sp³-hybridized carbons (Fsp3) is 0.529. The van der Waals surface area contributed by atoms with E-state index in [1.807, 2.05) is 12.1 Å². The van der Waals surface area contributed by atoms with Gasteiger partial charge in [0.05, 0.1) is 13.7 Å². The summed E-state index contributed by atoms with van der Waals surface area (Å²) >= 11 is 2.06. The summed E-state index contributed by atoms with van der Waals surface area (Å²) in [5, 5.41) is 0.669. The Morgan fingerprint density at radius 3 is 2.95 bits per heavy atom. The monoisotopic (exact) mass is 304 g/mol. The van der Waals surface area contributed by atoms with Crippen LogP contribution in [0.3, 0.4) is 0 Å². The average Bonchev–Trinajstić information content (AvgIpc) is 2.50. The second-order valence-corrected chi connectivity index (χ2v) is 6.80. The van der Waals surface area contributed by atoms with E-state index in [-0.39, 0.29) is 0 Å². The molecule has 2 rings (SSSR count). The molecule has 2 unspecified atom stereocenters. The summed E-state index contributed by atoms with van der Waals surface area (Å²) in [4.78, 5) is 2.53. The molecule has 1 saturated heterocycles. The van der Waals surface area contributed by atoms with Crippen LogP contribution in [0.25, 0.3) is 0 Å². The summed E-state index contributed by atoms with van der Waals surface area (Å²) in [7, 11) is 1.70. The van der Waals surface area contributed by atoms with Crippen molar-refractivity contribution in [2.45, 2.75) is 31.7 Å². The predicted molar refractivity (Wildman–Crippen MR) is 90.7 cm³/mol. The topological polar surface area (TPSA) is 38.5 Å². The number of methoxy groups -OCH3 is 1. The van der Waals surface area contributed by atoms with Crippen molar-refractivity contribution in [1.29, 1.82) is 0 Å². The number of nitrogens with two attached hydrogens (primary N) is 1. The summed E-state index contributed by atoms with van der Waals surface area (Å²) < 4.78 is 5.36. The van der Waals surface area contributed by atoms with Gasteiger partial charge >= 0.3 is 0 Å². The Balaban J connectivity index is 2.24. The fourth-order valence-electron chi connectivity index (χ4n) is 2.53. The van der Waals surface area contributed by atoms with Crippen LogP contribution < -0.4 is 10.5 Å². The molecule has 0 amide bonds. The van der Waals surface area contributed by atoms with Gasteiger partial charge in [-0.1, -0.05) is 18.8 Å². The molecule has 1 aliphatic rings. The first-order valence-corrected chi connectivity index (χ1v) is 8.42. The van der Waals surface area contributed by atoms with Crippen molar-refractivity contribution < 1.29 is 4.74 Å². The Morgan fingerprint density at radius 2 is 2.24 bits per heavy atom. The van der Waals surface area contributed by atoms with Gasteiger partial charge in [-0.15, -0.1) is 0 Å². The predicted octanol–water partition coefficient (Wildman–Crippen LogP) is 2.33. The van der Waals surface area contributed by atoms with Crippen LogP contribution in [0.15, 0.2) is 18.2 Å². The first-order chi connectivity index (χ1) is 10.2. The normalized spacial score (nSPS) is 22.5. The maximum Gasteiger partial charge on any atom is 0.119 e. The lowest BCUT2D eigenvalue weighted by atomic mass is 10.1. The third kappa shape index (κ3) is 4.16.